The molecule has 1 saturated heterocycles. The summed E-state index contributed by atoms with van der Waals surface area (Å²) < 4.78 is 6.08. The van der Waals surface area contributed by atoms with E-state index < -0.39 is 23.7 Å². The van der Waals surface area contributed by atoms with Gasteiger partial charge in [-0.15, -0.1) is 0 Å². The molecule has 2 heterocycles. The molecule has 0 radical (unpaired) electrons. The smallest absolute Gasteiger partial charge is 0.238 e. The number of benzene rings is 2. The molecule has 9 heteroatoms. The first-order valence-corrected chi connectivity index (χ1v) is 14.5. The molecule has 1 fully saturated rings. The van der Waals surface area contributed by atoms with Gasteiger partial charge in [0.05, 0.1) is 28.3 Å². The third kappa shape index (κ3) is 3.90. The van der Waals surface area contributed by atoms with Crippen molar-refractivity contribution in [1.29, 1.82) is 0 Å². The Kier molecular flexibility index (Phi) is 6.06. The van der Waals surface area contributed by atoms with Crippen LogP contribution >= 0.6 is 15.9 Å². The molecule has 0 spiro atoms. The highest BCUT2D eigenvalue weighted by Crippen LogP contribution is 2.55. The topological polar surface area (TPSA) is 118 Å². The van der Waals surface area contributed by atoms with E-state index in [-0.39, 0.29) is 45.8 Å². The average Bonchev–Trinajstić information content (AvgIpc) is 3.23. The Balaban J connectivity index is 1.31. The largest absolute Gasteiger partial charge is 0.508 e. The van der Waals surface area contributed by atoms with Gasteiger partial charge >= 0.3 is 0 Å². The lowest BCUT2D eigenvalue weighted by Gasteiger charge is -2.43. The maximum Gasteiger partial charge on any atom is 0.238 e. The first-order chi connectivity index (χ1) is 20.1. The predicted octanol–water partition coefficient (Wildman–Crippen LogP) is 4.91. The molecule has 42 heavy (non-hydrogen) atoms. The van der Waals surface area contributed by atoms with Gasteiger partial charge in [0.1, 0.15) is 11.5 Å². The number of anilines is 1. The fourth-order valence-electron chi connectivity index (χ4n) is 7.12. The van der Waals surface area contributed by atoms with E-state index in [0.717, 1.165) is 16.7 Å². The Labute approximate surface area is 249 Å². The van der Waals surface area contributed by atoms with Crippen LogP contribution in [0.5, 0.6) is 11.5 Å². The number of nitrogens with zero attached hydrogens (tertiary/aromatic N) is 1. The molecule has 3 aliphatic carbocycles. The Morgan fingerprint density at radius 2 is 1.79 bits per heavy atom. The SMILES string of the molecule is CC(=O)c1ccc(N2C(=O)C3CC=C4C(C5=COc6ccc(O)cc6C5)C5=C(CC4C3C2=O)C(=O)C(Br)=CC5=O)cc1. The summed E-state index contributed by atoms with van der Waals surface area (Å²) in [5.74, 6) is -3.12. The van der Waals surface area contributed by atoms with Crippen LogP contribution in [0.15, 0.2) is 87.7 Å². The van der Waals surface area contributed by atoms with Crippen LogP contribution in [0.25, 0.3) is 0 Å². The lowest BCUT2D eigenvalue weighted by atomic mass is 9.59. The summed E-state index contributed by atoms with van der Waals surface area (Å²) in [6.07, 6.45) is 5.69. The second kappa shape index (κ2) is 9.59. The van der Waals surface area contributed by atoms with Crippen LogP contribution in [-0.4, -0.2) is 34.3 Å². The van der Waals surface area contributed by atoms with Crippen molar-refractivity contribution in [3.8, 4) is 11.5 Å². The van der Waals surface area contributed by atoms with Crippen LogP contribution in [0.2, 0.25) is 0 Å². The zero-order valence-corrected chi connectivity index (χ0v) is 24.0. The van der Waals surface area contributed by atoms with Crippen LogP contribution < -0.4 is 9.64 Å². The molecule has 8 nitrogen and oxygen atoms in total. The second-order valence-corrected chi connectivity index (χ2v) is 12.1. The molecule has 0 saturated carbocycles. The minimum absolute atomic E-state index is 0.0852. The van der Waals surface area contributed by atoms with Gasteiger partial charge in [-0.1, -0.05) is 11.6 Å². The molecular weight excluding hydrogens is 602 g/mol. The molecule has 1 N–H and O–H groups in total. The van der Waals surface area contributed by atoms with Crippen molar-refractivity contribution in [2.45, 2.75) is 26.2 Å². The summed E-state index contributed by atoms with van der Waals surface area (Å²) >= 11 is 3.24. The molecule has 4 unspecified atom stereocenters. The number of phenolic OH excluding ortho intramolecular Hbond substituents is 1. The first kappa shape index (κ1) is 26.5. The van der Waals surface area contributed by atoms with Crippen molar-refractivity contribution >= 4 is 50.8 Å². The molecule has 4 atom stereocenters. The molecule has 5 aliphatic rings. The number of aromatic hydroxyl groups is 1. The van der Waals surface area contributed by atoms with Crippen molar-refractivity contribution < 1.29 is 33.8 Å². The van der Waals surface area contributed by atoms with Crippen molar-refractivity contribution in [1.82, 2.24) is 0 Å². The highest BCUT2D eigenvalue weighted by molar-refractivity contribution is 9.12. The Morgan fingerprint density at radius 1 is 1.02 bits per heavy atom. The molecule has 2 aromatic rings. The quantitative estimate of drug-likeness (QED) is 0.223. The average molecular weight is 626 g/mol. The number of imide groups is 1. The summed E-state index contributed by atoms with van der Waals surface area (Å²) in [6, 6.07) is 11.2. The molecule has 0 aromatic heterocycles. The zero-order chi connectivity index (χ0) is 29.4. The highest BCUT2D eigenvalue weighted by atomic mass is 79.9. The number of carbonyl (C=O) groups is 5. The number of phenols is 1. The maximum absolute atomic E-state index is 14.0. The Morgan fingerprint density at radius 3 is 2.52 bits per heavy atom. The van der Waals surface area contributed by atoms with Crippen LogP contribution in [0.3, 0.4) is 0 Å². The molecule has 210 valence electrons. The number of carbonyl (C=O) groups excluding carboxylic acids is 5. The molecule has 2 aromatic carbocycles. The van der Waals surface area contributed by atoms with Gasteiger partial charge in [0.25, 0.3) is 0 Å². The number of ketones is 3. The van der Waals surface area contributed by atoms with Crippen molar-refractivity contribution in [2.24, 2.45) is 23.7 Å². The first-order valence-electron chi connectivity index (χ1n) is 13.7. The minimum Gasteiger partial charge on any atom is -0.508 e. The lowest BCUT2D eigenvalue weighted by Crippen LogP contribution is -2.41. The molecule has 2 amide bonds. The van der Waals surface area contributed by atoms with E-state index in [4.69, 9.17) is 4.74 Å². The standard InChI is InChI=1S/C33H24BrNO7/c1-15(36)16-2-4-19(5-3-16)35-32(40)22-8-7-21-23(29(22)33(35)41)12-24-30(26(38)13-25(34)31(24)39)28(21)18-10-17-11-20(37)6-9-27(17)42-14-18/h2-7,9,11,13-14,22-23,28-29,37H,8,10,12H2,1H3. The highest BCUT2D eigenvalue weighted by Gasteiger charge is 2.57. The van der Waals surface area contributed by atoms with E-state index in [2.05, 4.69) is 15.9 Å². The normalized spacial score (nSPS) is 26.4. The lowest BCUT2D eigenvalue weighted by molar-refractivity contribution is -0.123. The number of rotatable bonds is 3. The maximum atomic E-state index is 14.0. The van der Waals surface area contributed by atoms with Gasteiger partial charge in [-0.3, -0.25) is 28.9 Å². The van der Waals surface area contributed by atoms with Crippen LogP contribution in [-0.2, 0) is 25.6 Å². The van der Waals surface area contributed by atoms with Crippen LogP contribution in [0.4, 0.5) is 5.69 Å². The molecule has 2 aliphatic heterocycles. The van der Waals surface area contributed by atoms with E-state index in [9.17, 15) is 29.1 Å². The number of fused-ring (bicyclic) bond motifs is 4. The summed E-state index contributed by atoms with van der Waals surface area (Å²) in [5, 5.41) is 10.1. The minimum atomic E-state index is -0.712. The van der Waals surface area contributed by atoms with Crippen LogP contribution in [0, 0.1) is 23.7 Å². The summed E-state index contributed by atoms with van der Waals surface area (Å²) in [5.41, 5.74) is 3.89. The van der Waals surface area contributed by atoms with Gasteiger partial charge in [0.15, 0.2) is 17.3 Å². The number of hydrogen-bond acceptors (Lipinski definition) is 7. The van der Waals surface area contributed by atoms with E-state index in [1.54, 1.807) is 42.7 Å². The molecular formula is C33H24BrNO7. The summed E-state index contributed by atoms with van der Waals surface area (Å²) in [7, 11) is 0. The number of amides is 2. The predicted molar refractivity (Wildman–Crippen MR) is 155 cm³/mol. The Bertz CT molecular complexity index is 1780. The number of Topliss-reactive ketones (excluding diaryl/α,β-unsaturated/α-hetero) is 2. The zero-order valence-electron chi connectivity index (χ0n) is 22.4. The number of ether oxygens (including phenoxy) is 1. The molecule has 0 bridgehead atoms. The van der Waals surface area contributed by atoms with E-state index in [1.807, 2.05) is 6.08 Å². The van der Waals surface area contributed by atoms with E-state index in [1.165, 1.54) is 24.0 Å². The third-order valence-corrected chi connectivity index (χ3v) is 9.60. The number of allylic oxidation sites excluding steroid dienone is 7. The Hall–Kier alpha value is -4.37. The number of hydrogen-bond donors (Lipinski definition) is 1. The van der Waals surface area contributed by atoms with E-state index in [0.29, 0.717) is 41.0 Å². The van der Waals surface area contributed by atoms with Gasteiger partial charge in [-0.2, -0.15) is 0 Å². The van der Waals surface area contributed by atoms with Crippen LogP contribution in [0.1, 0.15) is 35.7 Å². The van der Waals surface area contributed by atoms with Gasteiger partial charge < -0.3 is 9.84 Å². The van der Waals surface area contributed by atoms with Gasteiger partial charge in [-0.25, -0.2) is 0 Å². The fraction of sp³-hybridized carbons (Fsp3) is 0.242. The second-order valence-electron chi connectivity index (χ2n) is 11.3. The third-order valence-electron chi connectivity index (χ3n) is 9.01. The van der Waals surface area contributed by atoms with Gasteiger partial charge in [-0.05, 0) is 89.7 Å². The van der Waals surface area contributed by atoms with Gasteiger partial charge in [0.2, 0.25) is 11.8 Å². The van der Waals surface area contributed by atoms with Crippen molar-refractivity contribution in [3.05, 3.63) is 98.8 Å². The monoisotopic (exact) mass is 625 g/mol. The van der Waals surface area contributed by atoms with Gasteiger partial charge in [0, 0.05) is 40.7 Å². The fourth-order valence-corrected chi connectivity index (χ4v) is 7.56. The summed E-state index contributed by atoms with van der Waals surface area (Å²) in [4.78, 5) is 67.5. The summed E-state index contributed by atoms with van der Waals surface area (Å²) in [6.45, 7) is 1.45. The molecule has 7 rings (SSSR count). The van der Waals surface area contributed by atoms with Crippen molar-refractivity contribution in [3.63, 3.8) is 0 Å². The van der Waals surface area contributed by atoms with E-state index >= 15 is 0 Å². The van der Waals surface area contributed by atoms with Crippen molar-refractivity contribution in [2.75, 3.05) is 4.90 Å². The number of halogens is 1.